The van der Waals surface area contributed by atoms with Gasteiger partial charge in [-0.25, -0.2) is 4.79 Å². The number of rotatable bonds is 4. The molecule has 3 rings (SSSR count). The molecule has 2 aromatic carbocycles. The summed E-state index contributed by atoms with van der Waals surface area (Å²) in [6.45, 7) is 1.93. The third-order valence-electron chi connectivity index (χ3n) is 4.09. The molecule has 1 atom stereocenters. The summed E-state index contributed by atoms with van der Waals surface area (Å²) >= 11 is 5.98. The summed E-state index contributed by atoms with van der Waals surface area (Å²) in [4.78, 5) is 37.4. The predicted octanol–water partition coefficient (Wildman–Crippen LogP) is 3.23. The van der Waals surface area contributed by atoms with Gasteiger partial charge in [-0.1, -0.05) is 17.7 Å². The number of carbonyl (C=O) groups is 3. The van der Waals surface area contributed by atoms with E-state index in [1.165, 1.54) is 6.92 Å². The molecule has 0 spiro atoms. The zero-order valence-corrected chi connectivity index (χ0v) is 15.4. The van der Waals surface area contributed by atoms with Crippen LogP contribution in [0.4, 0.5) is 21.9 Å². The highest BCUT2D eigenvalue weighted by molar-refractivity contribution is 6.31. The maximum absolute atomic E-state index is 12.6. The van der Waals surface area contributed by atoms with Crippen LogP contribution in [-0.4, -0.2) is 30.4 Å². The van der Waals surface area contributed by atoms with Crippen molar-refractivity contribution in [1.82, 2.24) is 5.32 Å². The number of halogens is 1. The van der Waals surface area contributed by atoms with E-state index >= 15 is 0 Å². The van der Waals surface area contributed by atoms with Gasteiger partial charge in [0.25, 0.3) is 0 Å². The molecule has 7 nitrogen and oxygen atoms in total. The van der Waals surface area contributed by atoms with Crippen LogP contribution in [0.3, 0.4) is 0 Å². The number of anilines is 3. The molecule has 1 unspecified atom stereocenters. The Bertz CT molecular complexity index is 870. The molecule has 1 saturated heterocycles. The van der Waals surface area contributed by atoms with Gasteiger partial charge in [0.2, 0.25) is 11.8 Å². The fourth-order valence-corrected chi connectivity index (χ4v) is 3.06. The third kappa shape index (κ3) is 4.77. The van der Waals surface area contributed by atoms with E-state index in [9.17, 15) is 14.4 Å². The van der Waals surface area contributed by atoms with Crippen LogP contribution in [0.5, 0.6) is 0 Å². The van der Waals surface area contributed by atoms with Crippen molar-refractivity contribution in [2.24, 2.45) is 0 Å². The number of amides is 4. The molecule has 3 N–H and O–H groups in total. The summed E-state index contributed by atoms with van der Waals surface area (Å²) in [5, 5.41) is 8.57. The highest BCUT2D eigenvalue weighted by atomic mass is 35.5. The minimum atomic E-state index is -0.595. The number of benzene rings is 2. The van der Waals surface area contributed by atoms with E-state index in [-0.39, 0.29) is 11.8 Å². The summed E-state index contributed by atoms with van der Waals surface area (Å²) in [6.07, 6.45) is 0.514. The molecule has 0 aliphatic carbocycles. The normalized spacial score (nSPS) is 16.1. The Balaban J connectivity index is 1.57. The lowest BCUT2D eigenvalue weighted by molar-refractivity contribution is -0.118. The van der Waals surface area contributed by atoms with Crippen molar-refractivity contribution < 1.29 is 14.4 Å². The monoisotopic (exact) mass is 386 g/mol. The highest BCUT2D eigenvalue weighted by Crippen LogP contribution is 2.24. The zero-order valence-electron chi connectivity index (χ0n) is 14.7. The van der Waals surface area contributed by atoms with Crippen LogP contribution >= 0.6 is 11.6 Å². The van der Waals surface area contributed by atoms with Gasteiger partial charge in [0.1, 0.15) is 6.04 Å². The van der Waals surface area contributed by atoms with E-state index < -0.39 is 12.1 Å². The SMILES string of the molecule is CC(=O)Nc1ccc(NC(=O)NC2CCN(c3cccc(Cl)c3)C2=O)cc1. The Morgan fingerprint density at radius 2 is 1.74 bits per heavy atom. The Morgan fingerprint density at radius 1 is 1.07 bits per heavy atom. The van der Waals surface area contributed by atoms with Gasteiger partial charge in [-0.2, -0.15) is 0 Å². The van der Waals surface area contributed by atoms with Gasteiger partial charge in [-0.3, -0.25) is 9.59 Å². The molecule has 0 saturated carbocycles. The molecule has 2 aromatic rings. The van der Waals surface area contributed by atoms with Crippen molar-refractivity contribution in [2.75, 3.05) is 22.1 Å². The van der Waals surface area contributed by atoms with Crippen LogP contribution < -0.4 is 20.9 Å². The molecule has 0 bridgehead atoms. The highest BCUT2D eigenvalue weighted by Gasteiger charge is 2.33. The summed E-state index contributed by atoms with van der Waals surface area (Å²) in [6, 6.07) is 12.7. The van der Waals surface area contributed by atoms with Crippen LogP contribution in [0, 0.1) is 0 Å². The van der Waals surface area contributed by atoms with Gasteiger partial charge in [0.15, 0.2) is 0 Å². The summed E-state index contributed by atoms with van der Waals surface area (Å²) in [7, 11) is 0. The summed E-state index contributed by atoms with van der Waals surface area (Å²) in [5.74, 6) is -0.342. The average molecular weight is 387 g/mol. The summed E-state index contributed by atoms with van der Waals surface area (Å²) < 4.78 is 0. The first-order chi connectivity index (χ1) is 12.9. The molecule has 27 heavy (non-hydrogen) atoms. The molecule has 1 aliphatic heterocycles. The topological polar surface area (TPSA) is 90.5 Å². The van der Waals surface area contributed by atoms with Crippen molar-refractivity contribution >= 4 is 46.5 Å². The predicted molar refractivity (Wildman–Crippen MR) is 105 cm³/mol. The number of carbonyl (C=O) groups excluding carboxylic acids is 3. The molecule has 8 heteroatoms. The molecular formula is C19H19ClN4O3. The molecule has 0 radical (unpaired) electrons. The molecule has 4 amide bonds. The number of nitrogens with zero attached hydrogens (tertiary/aromatic N) is 1. The van der Waals surface area contributed by atoms with Crippen molar-refractivity contribution in [3.05, 3.63) is 53.6 Å². The Hall–Kier alpha value is -3.06. The van der Waals surface area contributed by atoms with Crippen LogP contribution in [0.25, 0.3) is 0 Å². The number of hydrogen-bond acceptors (Lipinski definition) is 3. The first kappa shape index (κ1) is 18.7. The average Bonchev–Trinajstić information content (AvgIpc) is 2.97. The quantitative estimate of drug-likeness (QED) is 0.753. The fraction of sp³-hybridized carbons (Fsp3) is 0.211. The molecule has 140 valence electrons. The van der Waals surface area contributed by atoms with Crippen LogP contribution in [0.1, 0.15) is 13.3 Å². The van der Waals surface area contributed by atoms with Crippen molar-refractivity contribution in [2.45, 2.75) is 19.4 Å². The first-order valence-corrected chi connectivity index (χ1v) is 8.82. The van der Waals surface area contributed by atoms with Crippen molar-refractivity contribution in [1.29, 1.82) is 0 Å². The van der Waals surface area contributed by atoms with Gasteiger partial charge in [-0.05, 0) is 48.9 Å². The lowest BCUT2D eigenvalue weighted by Crippen LogP contribution is -2.43. The molecule has 1 aliphatic rings. The first-order valence-electron chi connectivity index (χ1n) is 8.44. The van der Waals surface area contributed by atoms with E-state index in [1.807, 2.05) is 6.07 Å². The van der Waals surface area contributed by atoms with E-state index in [0.717, 1.165) is 0 Å². The standard InChI is InChI=1S/C19H19ClN4O3/c1-12(25)21-14-5-7-15(8-6-14)22-19(27)23-17-9-10-24(18(17)26)16-4-2-3-13(20)11-16/h2-8,11,17H,9-10H2,1H3,(H,21,25)(H2,22,23,27). The van der Waals surface area contributed by atoms with Gasteiger partial charge in [0.05, 0.1) is 0 Å². The second kappa shape index (κ2) is 8.09. The van der Waals surface area contributed by atoms with E-state index in [1.54, 1.807) is 47.4 Å². The van der Waals surface area contributed by atoms with E-state index in [2.05, 4.69) is 16.0 Å². The number of hydrogen-bond donors (Lipinski definition) is 3. The second-order valence-corrected chi connectivity index (χ2v) is 6.60. The van der Waals surface area contributed by atoms with Crippen LogP contribution in [0.2, 0.25) is 5.02 Å². The van der Waals surface area contributed by atoms with Gasteiger partial charge >= 0.3 is 6.03 Å². The maximum Gasteiger partial charge on any atom is 0.319 e. The lowest BCUT2D eigenvalue weighted by atomic mass is 10.2. The number of urea groups is 1. The molecule has 1 fully saturated rings. The van der Waals surface area contributed by atoms with Crippen molar-refractivity contribution in [3.63, 3.8) is 0 Å². The van der Waals surface area contributed by atoms with E-state index in [0.29, 0.717) is 35.1 Å². The molecular weight excluding hydrogens is 368 g/mol. The Kier molecular flexibility index (Phi) is 5.61. The fourth-order valence-electron chi connectivity index (χ4n) is 2.88. The van der Waals surface area contributed by atoms with Crippen LogP contribution in [-0.2, 0) is 9.59 Å². The largest absolute Gasteiger partial charge is 0.326 e. The zero-order chi connectivity index (χ0) is 19.4. The van der Waals surface area contributed by atoms with Crippen LogP contribution in [0.15, 0.2) is 48.5 Å². The molecule has 0 aromatic heterocycles. The lowest BCUT2D eigenvalue weighted by Gasteiger charge is -2.17. The molecule has 1 heterocycles. The summed E-state index contributed by atoms with van der Waals surface area (Å²) in [5.41, 5.74) is 1.90. The van der Waals surface area contributed by atoms with Gasteiger partial charge in [0, 0.05) is 35.6 Å². The smallest absolute Gasteiger partial charge is 0.319 e. The Morgan fingerprint density at radius 3 is 2.37 bits per heavy atom. The third-order valence-corrected chi connectivity index (χ3v) is 4.33. The maximum atomic E-state index is 12.6. The second-order valence-electron chi connectivity index (χ2n) is 6.17. The van der Waals surface area contributed by atoms with Gasteiger partial charge < -0.3 is 20.9 Å². The minimum Gasteiger partial charge on any atom is -0.326 e. The number of nitrogens with one attached hydrogen (secondary N) is 3. The van der Waals surface area contributed by atoms with Crippen molar-refractivity contribution in [3.8, 4) is 0 Å². The minimum absolute atomic E-state index is 0.169. The van der Waals surface area contributed by atoms with Gasteiger partial charge in [-0.15, -0.1) is 0 Å². The van der Waals surface area contributed by atoms with E-state index in [4.69, 9.17) is 11.6 Å². The Labute approximate surface area is 161 Å².